The Kier molecular flexibility index (Phi) is 9.03. The summed E-state index contributed by atoms with van der Waals surface area (Å²) in [5, 5.41) is 0. The van der Waals surface area contributed by atoms with Crippen LogP contribution in [0.5, 0.6) is 0 Å². The first-order valence-electron chi connectivity index (χ1n) is 4.68. The lowest BCUT2D eigenvalue weighted by atomic mass is 10.4. The second-order valence-electron chi connectivity index (χ2n) is 2.63. The molecule has 0 bridgehead atoms. The lowest BCUT2D eigenvalue weighted by molar-refractivity contribution is -0.137. The molecule has 1 rings (SSSR count). The summed E-state index contributed by atoms with van der Waals surface area (Å²) in [6.07, 6.45) is 3.89. The minimum absolute atomic E-state index is 0.00849. The molecule has 1 aliphatic heterocycles. The molecule has 13 heavy (non-hydrogen) atoms. The molecule has 0 unspecified atom stereocenters. The number of carbonyl (C=O) groups is 1. The first-order valence-corrected chi connectivity index (χ1v) is 6.26. The van der Waals surface area contributed by atoms with E-state index in [-0.39, 0.29) is 15.7 Å². The highest BCUT2D eigenvalue weighted by atomic mass is 28.2. The van der Waals surface area contributed by atoms with Gasteiger partial charge in [-0.3, -0.25) is 0 Å². The Bertz CT molecular complexity index is 132. The zero-order valence-corrected chi connectivity index (χ0v) is 9.67. The van der Waals surface area contributed by atoms with Crippen molar-refractivity contribution in [2.75, 3.05) is 13.2 Å². The van der Waals surface area contributed by atoms with Gasteiger partial charge in [0.15, 0.2) is 9.76 Å². The number of hydrogen-bond acceptors (Lipinski definition) is 3. The Morgan fingerprint density at radius 2 is 2.46 bits per heavy atom. The van der Waals surface area contributed by atoms with E-state index in [1.54, 1.807) is 6.92 Å². The molecule has 76 valence electrons. The van der Waals surface area contributed by atoms with Gasteiger partial charge in [-0.1, -0.05) is 13.0 Å². The molecule has 1 saturated heterocycles. The van der Waals surface area contributed by atoms with Gasteiger partial charge in [0.1, 0.15) is 0 Å². The van der Waals surface area contributed by atoms with E-state index < -0.39 is 0 Å². The maximum absolute atomic E-state index is 10.1. The van der Waals surface area contributed by atoms with E-state index in [0.29, 0.717) is 6.61 Å². The Balaban J connectivity index is 0.000000223. The van der Waals surface area contributed by atoms with Crippen molar-refractivity contribution in [1.82, 2.24) is 0 Å². The highest BCUT2D eigenvalue weighted by molar-refractivity contribution is 6.27. The molecule has 3 nitrogen and oxygen atoms in total. The van der Waals surface area contributed by atoms with Gasteiger partial charge in [-0.25, -0.2) is 4.79 Å². The highest BCUT2D eigenvalue weighted by Gasteiger charge is 1.96. The van der Waals surface area contributed by atoms with Crippen molar-refractivity contribution in [3.63, 3.8) is 0 Å². The first kappa shape index (κ1) is 12.4. The topological polar surface area (TPSA) is 35.5 Å². The second kappa shape index (κ2) is 9.47. The van der Waals surface area contributed by atoms with E-state index in [1.807, 2.05) is 0 Å². The SMILES string of the molecule is C1CC[SiH2]OC1.C=CC(=O)OCC. The van der Waals surface area contributed by atoms with Crippen LogP contribution in [0.3, 0.4) is 0 Å². The van der Waals surface area contributed by atoms with Crippen LogP contribution in [0, 0.1) is 0 Å². The van der Waals surface area contributed by atoms with Crippen molar-refractivity contribution >= 4 is 15.7 Å². The predicted octanol–water partition coefficient (Wildman–Crippen LogP) is 1.03. The standard InChI is InChI=1S/C5H8O2.C4H10OSi/c1-3-5(6)7-4-2;1-2-4-6-5-3-1/h3H,1,4H2,2H3;1-4,6H2. The van der Waals surface area contributed by atoms with Gasteiger partial charge in [0.25, 0.3) is 0 Å². The Labute approximate surface area is 82.1 Å². The van der Waals surface area contributed by atoms with Crippen molar-refractivity contribution < 1.29 is 14.0 Å². The summed E-state index contributed by atoms with van der Waals surface area (Å²) in [6, 6.07) is 1.42. The Hall–Kier alpha value is -0.613. The summed E-state index contributed by atoms with van der Waals surface area (Å²) in [5.41, 5.74) is 0. The van der Waals surface area contributed by atoms with Crippen LogP contribution in [0.15, 0.2) is 12.7 Å². The van der Waals surface area contributed by atoms with E-state index in [4.69, 9.17) is 4.43 Å². The maximum atomic E-state index is 10.1. The number of carbonyl (C=O) groups excluding carboxylic acids is 1. The largest absolute Gasteiger partial charge is 0.463 e. The van der Waals surface area contributed by atoms with Crippen LogP contribution >= 0.6 is 0 Å². The molecular weight excluding hydrogens is 184 g/mol. The molecule has 1 heterocycles. The monoisotopic (exact) mass is 202 g/mol. The Morgan fingerprint density at radius 3 is 2.62 bits per heavy atom. The van der Waals surface area contributed by atoms with Crippen LogP contribution in [-0.2, 0) is 14.0 Å². The van der Waals surface area contributed by atoms with Gasteiger partial charge >= 0.3 is 5.97 Å². The van der Waals surface area contributed by atoms with Crippen molar-refractivity contribution in [2.45, 2.75) is 25.8 Å². The molecule has 0 spiro atoms. The number of ether oxygens (including phenoxy) is 1. The fraction of sp³-hybridized carbons (Fsp3) is 0.667. The summed E-state index contributed by atoms with van der Waals surface area (Å²) in [4.78, 5) is 10.1. The van der Waals surface area contributed by atoms with Crippen molar-refractivity contribution in [3.8, 4) is 0 Å². The summed E-state index contributed by atoms with van der Waals surface area (Å²) in [5.74, 6) is -0.359. The molecule has 0 aliphatic carbocycles. The third kappa shape index (κ3) is 9.30. The highest BCUT2D eigenvalue weighted by Crippen LogP contribution is 2.01. The molecule has 1 fully saturated rings. The van der Waals surface area contributed by atoms with Gasteiger partial charge in [0, 0.05) is 12.7 Å². The third-order valence-corrected chi connectivity index (χ3v) is 2.90. The van der Waals surface area contributed by atoms with E-state index in [0.717, 1.165) is 12.7 Å². The minimum atomic E-state index is -0.359. The van der Waals surface area contributed by atoms with Gasteiger partial charge in [-0.2, -0.15) is 0 Å². The molecule has 0 N–H and O–H groups in total. The van der Waals surface area contributed by atoms with E-state index in [1.165, 1.54) is 18.9 Å². The maximum Gasteiger partial charge on any atom is 0.330 e. The normalized spacial score (nSPS) is 17.0. The summed E-state index contributed by atoms with van der Waals surface area (Å²) < 4.78 is 9.64. The van der Waals surface area contributed by atoms with Crippen LogP contribution in [0.1, 0.15) is 19.8 Å². The molecular formula is C9H18O3Si. The number of rotatable bonds is 2. The molecule has 0 amide bonds. The van der Waals surface area contributed by atoms with E-state index >= 15 is 0 Å². The van der Waals surface area contributed by atoms with Crippen molar-refractivity contribution in [2.24, 2.45) is 0 Å². The molecule has 0 radical (unpaired) electrons. The van der Waals surface area contributed by atoms with Gasteiger partial charge in [0.05, 0.1) is 6.61 Å². The lowest BCUT2D eigenvalue weighted by Gasteiger charge is -2.07. The summed E-state index contributed by atoms with van der Waals surface area (Å²) >= 11 is 0. The lowest BCUT2D eigenvalue weighted by Crippen LogP contribution is -2.06. The average molecular weight is 202 g/mol. The quantitative estimate of drug-likeness (QED) is 0.381. The molecule has 0 atom stereocenters. The molecule has 4 heteroatoms. The van der Waals surface area contributed by atoms with Crippen LogP contribution in [0.2, 0.25) is 6.04 Å². The van der Waals surface area contributed by atoms with Gasteiger partial charge in [0.2, 0.25) is 0 Å². The van der Waals surface area contributed by atoms with Gasteiger partial charge in [-0.05, 0) is 19.4 Å². The van der Waals surface area contributed by atoms with Gasteiger partial charge in [-0.15, -0.1) is 0 Å². The fourth-order valence-electron chi connectivity index (χ4n) is 0.888. The number of hydrogen-bond donors (Lipinski definition) is 0. The first-order chi connectivity index (χ1) is 6.31. The van der Waals surface area contributed by atoms with Crippen LogP contribution < -0.4 is 0 Å². The van der Waals surface area contributed by atoms with Crippen molar-refractivity contribution in [3.05, 3.63) is 12.7 Å². The predicted molar refractivity (Wildman–Crippen MR) is 55.4 cm³/mol. The molecule has 0 aromatic rings. The van der Waals surface area contributed by atoms with E-state index in [9.17, 15) is 4.79 Å². The smallest absolute Gasteiger partial charge is 0.330 e. The van der Waals surface area contributed by atoms with Crippen LogP contribution in [0.25, 0.3) is 0 Å². The van der Waals surface area contributed by atoms with E-state index in [2.05, 4.69) is 11.3 Å². The number of esters is 1. The fourth-order valence-corrected chi connectivity index (χ4v) is 2.06. The molecule has 0 saturated carbocycles. The summed E-state index contributed by atoms with van der Waals surface area (Å²) in [6.45, 7) is 6.44. The molecule has 0 aromatic heterocycles. The third-order valence-electron chi connectivity index (χ3n) is 1.53. The average Bonchev–Trinajstić information content (AvgIpc) is 2.22. The zero-order valence-electron chi connectivity index (χ0n) is 8.25. The molecule has 0 aromatic carbocycles. The Morgan fingerprint density at radius 1 is 1.69 bits per heavy atom. The van der Waals surface area contributed by atoms with Gasteiger partial charge < -0.3 is 9.16 Å². The second-order valence-corrected chi connectivity index (χ2v) is 4.15. The van der Waals surface area contributed by atoms with Crippen LogP contribution in [0.4, 0.5) is 0 Å². The minimum Gasteiger partial charge on any atom is -0.463 e. The van der Waals surface area contributed by atoms with Crippen molar-refractivity contribution in [1.29, 1.82) is 0 Å². The van der Waals surface area contributed by atoms with Crippen LogP contribution in [-0.4, -0.2) is 28.9 Å². The summed E-state index contributed by atoms with van der Waals surface area (Å²) in [7, 11) is 0.00849. The zero-order chi connectivity index (χ0) is 9.94. The molecule has 1 aliphatic rings.